The highest BCUT2D eigenvalue weighted by atomic mass is 35.5. The minimum Gasteiger partial charge on any atom is -0.465 e. The lowest BCUT2D eigenvalue weighted by Crippen LogP contribution is -2.51. The van der Waals surface area contributed by atoms with Gasteiger partial charge in [-0.3, -0.25) is 9.69 Å². The molecule has 0 aliphatic carbocycles. The molecule has 0 saturated carbocycles. The molecule has 2 heterocycles. The van der Waals surface area contributed by atoms with Crippen LogP contribution < -0.4 is 0 Å². The molecule has 1 unspecified atom stereocenters. The second kappa shape index (κ2) is 10.2. The molecule has 1 aromatic heterocycles. The first-order chi connectivity index (χ1) is 15.6. The summed E-state index contributed by atoms with van der Waals surface area (Å²) in [5.41, 5.74) is 3.11. The monoisotopic (exact) mass is 453 g/mol. The van der Waals surface area contributed by atoms with Gasteiger partial charge in [-0.05, 0) is 42.7 Å². The Balaban J connectivity index is 1.36. The Kier molecular flexibility index (Phi) is 7.12. The number of nitrogens with one attached hydrogen (secondary N) is 1. The number of para-hydroxylation sites is 1. The second-order valence-corrected chi connectivity index (χ2v) is 8.42. The minimum atomic E-state index is -0.490. The quantitative estimate of drug-likeness (QED) is 0.544. The molecule has 0 bridgehead atoms. The maximum absolute atomic E-state index is 12.8. The number of halogens is 1. The number of hydrogen-bond donors (Lipinski definition) is 1. The van der Waals surface area contributed by atoms with Gasteiger partial charge in [-0.1, -0.05) is 41.9 Å². The Bertz CT molecular complexity index is 1070. The van der Waals surface area contributed by atoms with Gasteiger partial charge in [0.05, 0.1) is 6.61 Å². The largest absolute Gasteiger partial charge is 0.465 e. The van der Waals surface area contributed by atoms with E-state index in [4.69, 9.17) is 16.3 Å². The summed E-state index contributed by atoms with van der Waals surface area (Å²) >= 11 is 6.02. The number of benzene rings is 2. The van der Waals surface area contributed by atoms with E-state index in [1.165, 1.54) is 5.39 Å². The van der Waals surface area contributed by atoms with E-state index in [0.717, 1.165) is 16.6 Å². The Labute approximate surface area is 193 Å². The van der Waals surface area contributed by atoms with Crippen molar-refractivity contribution in [3.8, 4) is 0 Å². The molecular formula is C25H28ClN3O3. The van der Waals surface area contributed by atoms with Crippen molar-refractivity contribution in [2.24, 2.45) is 0 Å². The molecule has 1 N–H and O–H groups in total. The molecule has 2 aromatic carbocycles. The molecule has 32 heavy (non-hydrogen) atoms. The number of amides is 1. The van der Waals surface area contributed by atoms with E-state index in [2.05, 4.69) is 16.0 Å². The predicted molar refractivity (Wildman–Crippen MR) is 126 cm³/mol. The number of H-pyrrole nitrogens is 1. The SMILES string of the molecule is CCOC(=O)C(c1ccc(Cl)cc1)N1CCN(C(=O)CCc2c[nH]c3ccccc23)CC1. The molecule has 6 nitrogen and oxygen atoms in total. The molecule has 4 rings (SSSR count). The fraction of sp³-hybridized carbons (Fsp3) is 0.360. The van der Waals surface area contributed by atoms with E-state index in [-0.39, 0.29) is 11.9 Å². The van der Waals surface area contributed by atoms with Crippen molar-refractivity contribution in [3.05, 3.63) is 70.9 Å². The van der Waals surface area contributed by atoms with Crippen molar-refractivity contribution in [2.45, 2.75) is 25.8 Å². The van der Waals surface area contributed by atoms with Gasteiger partial charge in [0.1, 0.15) is 6.04 Å². The van der Waals surface area contributed by atoms with Gasteiger partial charge in [0.25, 0.3) is 0 Å². The first-order valence-electron chi connectivity index (χ1n) is 11.1. The van der Waals surface area contributed by atoms with Gasteiger partial charge >= 0.3 is 5.97 Å². The Morgan fingerprint density at radius 2 is 1.78 bits per heavy atom. The van der Waals surface area contributed by atoms with Gasteiger partial charge in [-0.2, -0.15) is 0 Å². The summed E-state index contributed by atoms with van der Waals surface area (Å²) < 4.78 is 5.33. The van der Waals surface area contributed by atoms with Crippen molar-refractivity contribution in [3.63, 3.8) is 0 Å². The van der Waals surface area contributed by atoms with Crippen molar-refractivity contribution < 1.29 is 14.3 Å². The van der Waals surface area contributed by atoms with E-state index >= 15 is 0 Å². The first-order valence-corrected chi connectivity index (χ1v) is 11.4. The van der Waals surface area contributed by atoms with E-state index in [1.807, 2.05) is 41.4 Å². The molecule has 168 valence electrons. The van der Waals surface area contributed by atoms with E-state index < -0.39 is 6.04 Å². The number of ether oxygens (including phenoxy) is 1. The van der Waals surface area contributed by atoms with Crippen LogP contribution in [0.25, 0.3) is 10.9 Å². The van der Waals surface area contributed by atoms with Gasteiger partial charge in [0, 0.05) is 54.7 Å². The lowest BCUT2D eigenvalue weighted by atomic mass is 10.0. The van der Waals surface area contributed by atoms with Crippen molar-refractivity contribution in [1.82, 2.24) is 14.8 Å². The molecule has 1 fully saturated rings. The average molecular weight is 454 g/mol. The average Bonchev–Trinajstić information content (AvgIpc) is 3.23. The number of piperazine rings is 1. The summed E-state index contributed by atoms with van der Waals surface area (Å²) in [6.07, 6.45) is 3.17. The van der Waals surface area contributed by atoms with Crippen molar-refractivity contribution in [1.29, 1.82) is 0 Å². The van der Waals surface area contributed by atoms with Gasteiger partial charge in [-0.25, -0.2) is 4.79 Å². The van der Waals surface area contributed by atoms with Crippen LogP contribution in [-0.4, -0.2) is 59.4 Å². The molecule has 1 saturated heterocycles. The molecule has 0 radical (unpaired) electrons. The molecule has 3 aromatic rings. The third kappa shape index (κ3) is 4.97. The number of fused-ring (bicyclic) bond motifs is 1. The van der Waals surface area contributed by atoms with Crippen LogP contribution in [-0.2, 0) is 20.7 Å². The lowest BCUT2D eigenvalue weighted by molar-refractivity contribution is -0.151. The van der Waals surface area contributed by atoms with Crippen LogP contribution in [0.2, 0.25) is 5.02 Å². The molecule has 1 aliphatic rings. The number of rotatable bonds is 7. The number of aromatic nitrogens is 1. The Morgan fingerprint density at radius 3 is 2.50 bits per heavy atom. The Morgan fingerprint density at radius 1 is 1.06 bits per heavy atom. The zero-order chi connectivity index (χ0) is 22.5. The smallest absolute Gasteiger partial charge is 0.328 e. The van der Waals surface area contributed by atoms with E-state index in [0.29, 0.717) is 50.7 Å². The van der Waals surface area contributed by atoms with Gasteiger partial charge in [0.2, 0.25) is 5.91 Å². The molecule has 1 atom stereocenters. The highest BCUT2D eigenvalue weighted by Gasteiger charge is 2.32. The molecule has 1 amide bonds. The number of carbonyl (C=O) groups is 2. The van der Waals surface area contributed by atoms with Crippen LogP contribution in [0.15, 0.2) is 54.7 Å². The van der Waals surface area contributed by atoms with Crippen LogP contribution in [0.1, 0.15) is 30.5 Å². The molecule has 1 aliphatic heterocycles. The number of hydrogen-bond acceptors (Lipinski definition) is 4. The molecule has 7 heteroatoms. The summed E-state index contributed by atoms with van der Waals surface area (Å²) in [6, 6.07) is 14.9. The normalized spacial score (nSPS) is 15.6. The van der Waals surface area contributed by atoms with Crippen LogP contribution in [0.3, 0.4) is 0 Å². The van der Waals surface area contributed by atoms with Crippen molar-refractivity contribution in [2.75, 3.05) is 32.8 Å². The lowest BCUT2D eigenvalue weighted by Gasteiger charge is -2.38. The standard InChI is InChI=1S/C25H28ClN3O3/c1-2-32-25(31)24(18-7-10-20(26)11-8-18)29-15-13-28(14-16-29)23(30)12-9-19-17-27-22-6-4-3-5-21(19)22/h3-8,10-11,17,24,27H,2,9,12-16H2,1H3. The second-order valence-electron chi connectivity index (χ2n) is 7.98. The topological polar surface area (TPSA) is 65.6 Å². The molecule has 0 spiro atoms. The molecular weight excluding hydrogens is 426 g/mol. The van der Waals surface area contributed by atoms with E-state index in [9.17, 15) is 9.59 Å². The summed E-state index contributed by atoms with van der Waals surface area (Å²) in [5.74, 6) is -0.122. The summed E-state index contributed by atoms with van der Waals surface area (Å²) in [4.78, 5) is 32.8. The van der Waals surface area contributed by atoms with Crippen LogP contribution in [0, 0.1) is 0 Å². The number of aromatic amines is 1. The van der Waals surface area contributed by atoms with Gasteiger partial charge < -0.3 is 14.6 Å². The zero-order valence-electron chi connectivity index (χ0n) is 18.2. The summed E-state index contributed by atoms with van der Waals surface area (Å²) in [6.45, 7) is 4.55. The highest BCUT2D eigenvalue weighted by molar-refractivity contribution is 6.30. The van der Waals surface area contributed by atoms with Gasteiger partial charge in [-0.15, -0.1) is 0 Å². The fourth-order valence-corrected chi connectivity index (χ4v) is 4.46. The fourth-order valence-electron chi connectivity index (χ4n) is 4.33. The first kappa shape index (κ1) is 22.4. The minimum absolute atomic E-state index is 0.147. The van der Waals surface area contributed by atoms with Crippen LogP contribution >= 0.6 is 11.6 Å². The van der Waals surface area contributed by atoms with Gasteiger partial charge in [0.15, 0.2) is 0 Å². The Hall–Kier alpha value is -2.83. The number of aryl methyl sites for hydroxylation is 1. The number of carbonyl (C=O) groups excluding carboxylic acids is 2. The zero-order valence-corrected chi connectivity index (χ0v) is 19.0. The summed E-state index contributed by atoms with van der Waals surface area (Å²) in [7, 11) is 0. The number of nitrogens with zero attached hydrogens (tertiary/aromatic N) is 2. The maximum Gasteiger partial charge on any atom is 0.328 e. The third-order valence-electron chi connectivity index (χ3n) is 6.01. The van der Waals surface area contributed by atoms with Crippen LogP contribution in [0.4, 0.5) is 0 Å². The number of esters is 1. The van der Waals surface area contributed by atoms with Crippen molar-refractivity contribution >= 4 is 34.4 Å². The predicted octanol–water partition coefficient (Wildman–Crippen LogP) is 4.20. The summed E-state index contributed by atoms with van der Waals surface area (Å²) in [5, 5.41) is 1.80. The highest BCUT2D eigenvalue weighted by Crippen LogP contribution is 2.26. The van der Waals surface area contributed by atoms with E-state index in [1.54, 1.807) is 19.1 Å². The van der Waals surface area contributed by atoms with Crippen LogP contribution in [0.5, 0.6) is 0 Å². The maximum atomic E-state index is 12.8. The third-order valence-corrected chi connectivity index (χ3v) is 6.26.